The summed E-state index contributed by atoms with van der Waals surface area (Å²) < 4.78 is 1.26. The number of likely N-dealkylation sites (tertiary alicyclic amines) is 1. The number of rotatable bonds is 7. The maximum Gasteiger partial charge on any atom is 0.132 e. The van der Waals surface area contributed by atoms with E-state index in [0.29, 0.717) is 0 Å². The number of unbranched alkanes of at least 4 members (excludes halogenated alkanes) is 4. The minimum Gasteiger partial charge on any atom is -0.291 e. The molecule has 0 aromatic heterocycles. The molecule has 19 heavy (non-hydrogen) atoms. The monoisotopic (exact) mass is 260 g/mol. The summed E-state index contributed by atoms with van der Waals surface area (Å²) in [5.41, 5.74) is 2.93. The molecule has 0 unspecified atom stereocenters. The average molecular weight is 260 g/mol. The number of hydrogen-bond donors (Lipinski definition) is 0. The van der Waals surface area contributed by atoms with Gasteiger partial charge < -0.3 is 0 Å². The first-order valence-electron chi connectivity index (χ1n) is 8.20. The van der Waals surface area contributed by atoms with Crippen LogP contribution in [0.4, 0.5) is 5.69 Å². The first-order valence-corrected chi connectivity index (χ1v) is 8.20. The molecular weight excluding hydrogens is 230 g/mol. The van der Waals surface area contributed by atoms with E-state index in [-0.39, 0.29) is 0 Å². The van der Waals surface area contributed by atoms with Gasteiger partial charge in [0.2, 0.25) is 0 Å². The van der Waals surface area contributed by atoms with E-state index < -0.39 is 0 Å². The predicted molar refractivity (Wildman–Crippen MR) is 85.6 cm³/mol. The Morgan fingerprint density at radius 1 is 0.895 bits per heavy atom. The number of quaternary nitrogens is 1. The van der Waals surface area contributed by atoms with Crippen molar-refractivity contribution in [3.63, 3.8) is 0 Å². The molecule has 1 aromatic rings. The van der Waals surface area contributed by atoms with Crippen molar-refractivity contribution in [3.05, 3.63) is 29.8 Å². The van der Waals surface area contributed by atoms with Gasteiger partial charge in [-0.05, 0) is 31.9 Å². The number of benzene rings is 1. The van der Waals surface area contributed by atoms with Gasteiger partial charge in [-0.3, -0.25) is 4.48 Å². The Labute approximate surface area is 119 Å². The Morgan fingerprint density at radius 2 is 1.53 bits per heavy atom. The standard InChI is InChI=1S/C18H30N/c1-3-4-5-6-7-14-19(15-8-9-16-19)18-12-10-17(2)11-13-18/h10-13H,3-9,14-16H2,1-2H3/q+1. The summed E-state index contributed by atoms with van der Waals surface area (Å²) in [6.07, 6.45) is 9.80. The lowest BCUT2D eigenvalue weighted by molar-refractivity contribution is 0.322. The van der Waals surface area contributed by atoms with Gasteiger partial charge in [-0.1, -0.05) is 43.9 Å². The van der Waals surface area contributed by atoms with Crippen molar-refractivity contribution in [1.82, 2.24) is 4.48 Å². The Balaban J connectivity index is 1.95. The van der Waals surface area contributed by atoms with Gasteiger partial charge in [0.15, 0.2) is 0 Å². The molecule has 106 valence electrons. The Kier molecular flexibility index (Phi) is 5.45. The second kappa shape index (κ2) is 7.09. The fourth-order valence-electron chi connectivity index (χ4n) is 3.43. The fraction of sp³-hybridized carbons (Fsp3) is 0.667. The molecule has 0 saturated carbocycles. The van der Waals surface area contributed by atoms with E-state index in [4.69, 9.17) is 0 Å². The van der Waals surface area contributed by atoms with Crippen LogP contribution >= 0.6 is 0 Å². The third-order valence-corrected chi connectivity index (χ3v) is 4.69. The lowest BCUT2D eigenvalue weighted by Gasteiger charge is -2.34. The zero-order valence-electron chi connectivity index (χ0n) is 12.8. The summed E-state index contributed by atoms with van der Waals surface area (Å²) in [4.78, 5) is 0. The van der Waals surface area contributed by atoms with Gasteiger partial charge in [0.1, 0.15) is 5.69 Å². The SMILES string of the molecule is CCCCCCC[N+]1(c2ccc(C)cc2)CCCC1. The molecule has 1 heterocycles. The number of aryl methyl sites for hydroxylation is 1. The van der Waals surface area contributed by atoms with Crippen LogP contribution in [0.1, 0.15) is 57.4 Å². The highest BCUT2D eigenvalue weighted by molar-refractivity contribution is 5.44. The molecule has 1 heteroatoms. The van der Waals surface area contributed by atoms with Crippen LogP contribution in [0.15, 0.2) is 24.3 Å². The van der Waals surface area contributed by atoms with Crippen molar-refractivity contribution in [2.24, 2.45) is 0 Å². The van der Waals surface area contributed by atoms with Crippen LogP contribution in [-0.2, 0) is 0 Å². The van der Waals surface area contributed by atoms with Gasteiger partial charge in [0, 0.05) is 12.8 Å². The van der Waals surface area contributed by atoms with Crippen LogP contribution in [0.5, 0.6) is 0 Å². The van der Waals surface area contributed by atoms with Crippen molar-refractivity contribution < 1.29 is 0 Å². The smallest absolute Gasteiger partial charge is 0.132 e. The molecule has 0 bridgehead atoms. The van der Waals surface area contributed by atoms with Crippen LogP contribution in [0.25, 0.3) is 0 Å². The van der Waals surface area contributed by atoms with Gasteiger partial charge in [0.05, 0.1) is 19.6 Å². The first-order chi connectivity index (χ1) is 9.27. The maximum absolute atomic E-state index is 2.37. The third kappa shape index (κ3) is 3.82. The Morgan fingerprint density at radius 3 is 2.16 bits per heavy atom. The summed E-state index contributed by atoms with van der Waals surface area (Å²) >= 11 is 0. The van der Waals surface area contributed by atoms with E-state index in [2.05, 4.69) is 38.1 Å². The highest BCUT2D eigenvalue weighted by Gasteiger charge is 2.33. The lowest BCUT2D eigenvalue weighted by Crippen LogP contribution is -2.47. The summed E-state index contributed by atoms with van der Waals surface area (Å²) in [7, 11) is 0. The van der Waals surface area contributed by atoms with Crippen molar-refractivity contribution >= 4 is 5.69 Å². The third-order valence-electron chi connectivity index (χ3n) is 4.69. The molecule has 1 aromatic carbocycles. The number of hydrogen-bond acceptors (Lipinski definition) is 0. The fourth-order valence-corrected chi connectivity index (χ4v) is 3.43. The summed E-state index contributed by atoms with van der Waals surface area (Å²) in [6.45, 7) is 8.55. The largest absolute Gasteiger partial charge is 0.291 e. The molecule has 0 amide bonds. The normalized spacial score (nSPS) is 17.8. The highest BCUT2D eigenvalue weighted by Crippen LogP contribution is 2.30. The van der Waals surface area contributed by atoms with Crippen LogP contribution in [0, 0.1) is 6.92 Å². The molecule has 0 atom stereocenters. The molecule has 1 aliphatic heterocycles. The molecule has 0 radical (unpaired) electrons. The van der Waals surface area contributed by atoms with Crippen molar-refractivity contribution in [2.75, 3.05) is 19.6 Å². The minimum atomic E-state index is 1.26. The second-order valence-electron chi connectivity index (χ2n) is 6.27. The van der Waals surface area contributed by atoms with E-state index in [0.717, 1.165) is 0 Å². The van der Waals surface area contributed by atoms with E-state index in [1.165, 1.54) is 74.6 Å². The highest BCUT2D eigenvalue weighted by atomic mass is 15.4. The molecular formula is C18H30N+. The Bertz CT molecular complexity index is 360. The minimum absolute atomic E-state index is 1.26. The molecule has 1 aliphatic rings. The molecule has 2 rings (SSSR count). The summed E-state index contributed by atoms with van der Waals surface area (Å²) in [6, 6.07) is 9.30. The van der Waals surface area contributed by atoms with E-state index in [9.17, 15) is 0 Å². The molecule has 1 fully saturated rings. The number of nitrogens with zero attached hydrogens (tertiary/aromatic N) is 1. The van der Waals surface area contributed by atoms with Crippen LogP contribution in [0.3, 0.4) is 0 Å². The second-order valence-corrected chi connectivity index (χ2v) is 6.27. The van der Waals surface area contributed by atoms with Crippen molar-refractivity contribution in [2.45, 2.75) is 58.8 Å². The summed E-state index contributed by atoms with van der Waals surface area (Å²) in [5, 5.41) is 0. The zero-order chi connectivity index (χ0) is 13.6. The van der Waals surface area contributed by atoms with E-state index in [1.54, 1.807) is 5.69 Å². The van der Waals surface area contributed by atoms with Gasteiger partial charge in [-0.2, -0.15) is 0 Å². The predicted octanol–water partition coefficient (Wildman–Crippen LogP) is 5.07. The van der Waals surface area contributed by atoms with Gasteiger partial charge in [-0.15, -0.1) is 0 Å². The van der Waals surface area contributed by atoms with Crippen LogP contribution < -0.4 is 4.48 Å². The van der Waals surface area contributed by atoms with Crippen molar-refractivity contribution in [3.8, 4) is 0 Å². The Hall–Kier alpha value is -0.820. The molecule has 0 aliphatic carbocycles. The zero-order valence-corrected chi connectivity index (χ0v) is 12.8. The van der Waals surface area contributed by atoms with Gasteiger partial charge in [0.25, 0.3) is 0 Å². The van der Waals surface area contributed by atoms with Gasteiger partial charge in [-0.25, -0.2) is 0 Å². The van der Waals surface area contributed by atoms with Crippen molar-refractivity contribution in [1.29, 1.82) is 0 Å². The summed E-state index contributed by atoms with van der Waals surface area (Å²) in [5.74, 6) is 0. The first kappa shape index (κ1) is 14.6. The van der Waals surface area contributed by atoms with E-state index >= 15 is 0 Å². The molecule has 0 spiro atoms. The molecule has 0 N–H and O–H groups in total. The molecule has 1 nitrogen and oxygen atoms in total. The van der Waals surface area contributed by atoms with Crippen LogP contribution in [-0.4, -0.2) is 19.6 Å². The van der Waals surface area contributed by atoms with Crippen LogP contribution in [0.2, 0.25) is 0 Å². The van der Waals surface area contributed by atoms with Gasteiger partial charge >= 0.3 is 0 Å². The quantitative estimate of drug-likeness (QED) is 0.474. The topological polar surface area (TPSA) is 0 Å². The average Bonchev–Trinajstić information content (AvgIpc) is 2.89. The molecule has 1 saturated heterocycles. The maximum atomic E-state index is 2.37. The van der Waals surface area contributed by atoms with E-state index in [1.807, 2.05) is 0 Å². The lowest BCUT2D eigenvalue weighted by atomic mass is 10.1.